The van der Waals surface area contributed by atoms with Crippen molar-refractivity contribution in [2.45, 2.75) is 6.42 Å². The molecule has 1 aromatic carbocycles. The second kappa shape index (κ2) is 7.49. The number of rotatable bonds is 4. The summed E-state index contributed by atoms with van der Waals surface area (Å²) in [5.41, 5.74) is 0.825. The molecule has 144 valence electrons. The highest BCUT2D eigenvalue weighted by atomic mass is 32.2. The zero-order valence-corrected chi connectivity index (χ0v) is 15.6. The van der Waals surface area contributed by atoms with E-state index in [0.29, 0.717) is 24.2 Å². The summed E-state index contributed by atoms with van der Waals surface area (Å²) in [5.74, 6) is -1.60. The Morgan fingerprint density at radius 1 is 1.15 bits per heavy atom. The Hall–Kier alpha value is -2.72. The number of aryl methyl sites for hydroxylation is 1. The minimum Gasteiger partial charge on any atom is -0.347 e. The number of pyridine rings is 1. The number of benzene rings is 1. The summed E-state index contributed by atoms with van der Waals surface area (Å²) in [4.78, 5) is 35.7. The minimum absolute atomic E-state index is 0.0533. The van der Waals surface area contributed by atoms with E-state index in [2.05, 4.69) is 10.6 Å². The molecular weight excluding hydrogens is 372 g/mol. The zero-order chi connectivity index (χ0) is 19.6. The molecule has 0 aliphatic carbocycles. The third-order valence-corrected chi connectivity index (χ3v) is 6.40. The number of sulfonamides is 1. The van der Waals surface area contributed by atoms with Crippen LogP contribution >= 0.6 is 0 Å². The van der Waals surface area contributed by atoms with E-state index in [-0.39, 0.29) is 24.4 Å². The molecule has 1 saturated heterocycles. The van der Waals surface area contributed by atoms with E-state index in [9.17, 15) is 22.8 Å². The Bertz CT molecular complexity index is 1060. The average molecular weight is 392 g/mol. The van der Waals surface area contributed by atoms with Gasteiger partial charge in [0.05, 0.1) is 11.3 Å². The number of hydrogen-bond donors (Lipinski definition) is 2. The normalized spacial score (nSPS) is 16.3. The molecule has 0 spiro atoms. The molecule has 0 radical (unpaired) electrons. The molecule has 0 atom stereocenters. The maximum atomic E-state index is 12.0. The highest BCUT2D eigenvalue weighted by Gasteiger charge is 2.27. The molecule has 2 heterocycles. The van der Waals surface area contributed by atoms with Crippen LogP contribution in [0.5, 0.6) is 0 Å². The lowest BCUT2D eigenvalue weighted by molar-refractivity contribution is -0.136. The molecule has 2 aromatic rings. The zero-order valence-electron chi connectivity index (χ0n) is 14.8. The Kier molecular flexibility index (Phi) is 5.29. The van der Waals surface area contributed by atoms with Crippen LogP contribution in [0, 0.1) is 0 Å². The van der Waals surface area contributed by atoms with Crippen LogP contribution < -0.4 is 16.2 Å². The van der Waals surface area contributed by atoms with E-state index < -0.39 is 21.8 Å². The molecule has 9 nitrogen and oxygen atoms in total. The average Bonchev–Trinajstić information content (AvgIpc) is 2.97. The maximum absolute atomic E-state index is 12.0. The first-order valence-electron chi connectivity index (χ1n) is 8.45. The topological polar surface area (TPSA) is 118 Å². The van der Waals surface area contributed by atoms with Crippen LogP contribution in [-0.4, -0.2) is 54.5 Å². The van der Waals surface area contributed by atoms with E-state index in [4.69, 9.17) is 0 Å². The van der Waals surface area contributed by atoms with Gasteiger partial charge in [-0.25, -0.2) is 12.7 Å². The molecule has 0 saturated carbocycles. The van der Waals surface area contributed by atoms with E-state index in [1.807, 2.05) is 0 Å². The van der Waals surface area contributed by atoms with Crippen molar-refractivity contribution < 1.29 is 18.0 Å². The largest absolute Gasteiger partial charge is 0.347 e. The fourth-order valence-corrected chi connectivity index (χ4v) is 4.48. The number of hydrogen-bond acceptors (Lipinski definition) is 5. The van der Waals surface area contributed by atoms with Gasteiger partial charge in [0.15, 0.2) is 0 Å². The number of nitrogens with zero attached hydrogens (tertiary/aromatic N) is 2. The molecule has 1 aliphatic rings. The summed E-state index contributed by atoms with van der Waals surface area (Å²) >= 11 is 0. The Morgan fingerprint density at radius 2 is 1.89 bits per heavy atom. The number of carbonyl (C=O) groups is 2. The van der Waals surface area contributed by atoms with Crippen LogP contribution in [0.3, 0.4) is 0 Å². The van der Waals surface area contributed by atoms with Crippen molar-refractivity contribution in [3.05, 3.63) is 40.7 Å². The number of carbonyl (C=O) groups excluding carboxylic acids is 2. The third-order valence-electron chi connectivity index (χ3n) is 4.44. The quantitative estimate of drug-likeness (QED) is 0.689. The van der Waals surface area contributed by atoms with Crippen LogP contribution in [0.25, 0.3) is 10.9 Å². The van der Waals surface area contributed by atoms with Gasteiger partial charge in [-0.3, -0.25) is 14.4 Å². The predicted molar refractivity (Wildman–Crippen MR) is 101 cm³/mol. The van der Waals surface area contributed by atoms with Crippen molar-refractivity contribution in [2.75, 3.05) is 30.7 Å². The summed E-state index contributed by atoms with van der Waals surface area (Å²) in [6.45, 7) is 0.622. The minimum atomic E-state index is -3.23. The van der Waals surface area contributed by atoms with Gasteiger partial charge in [-0.1, -0.05) is 6.07 Å². The van der Waals surface area contributed by atoms with E-state index in [0.717, 1.165) is 5.39 Å². The predicted octanol–water partition coefficient (Wildman–Crippen LogP) is -0.371. The van der Waals surface area contributed by atoms with Crippen LogP contribution in [0.1, 0.15) is 6.42 Å². The first-order valence-corrected chi connectivity index (χ1v) is 10.1. The van der Waals surface area contributed by atoms with Crippen molar-refractivity contribution in [3.8, 4) is 0 Å². The SMILES string of the molecule is Cn1c(=O)ccc2ccc(NC(=O)C(=O)NCCN3CCCS3(=O)=O)cc21. The number of aromatic nitrogens is 1. The molecule has 0 bridgehead atoms. The van der Waals surface area contributed by atoms with Crippen molar-refractivity contribution in [1.82, 2.24) is 14.2 Å². The maximum Gasteiger partial charge on any atom is 0.313 e. The van der Waals surface area contributed by atoms with Crippen LogP contribution in [0.2, 0.25) is 0 Å². The molecule has 2 amide bonds. The molecule has 0 unspecified atom stereocenters. The first kappa shape index (κ1) is 19.1. The van der Waals surface area contributed by atoms with Gasteiger partial charge < -0.3 is 15.2 Å². The fourth-order valence-electron chi connectivity index (χ4n) is 2.95. The van der Waals surface area contributed by atoms with Gasteiger partial charge in [0.1, 0.15) is 0 Å². The van der Waals surface area contributed by atoms with Gasteiger partial charge in [0, 0.05) is 38.4 Å². The van der Waals surface area contributed by atoms with Gasteiger partial charge in [0.25, 0.3) is 5.56 Å². The van der Waals surface area contributed by atoms with E-state index >= 15 is 0 Å². The standard InChI is InChI=1S/C17H20N4O5S/c1-20-14-11-13(5-3-12(14)4-6-15(20)22)19-17(24)16(23)18-7-9-21-8-2-10-27(21,25)26/h3-6,11H,2,7-10H2,1H3,(H,18,23)(H,19,24). The monoisotopic (exact) mass is 392 g/mol. The van der Waals surface area contributed by atoms with E-state index in [1.54, 1.807) is 31.3 Å². The molecule has 1 aliphatic heterocycles. The second-order valence-electron chi connectivity index (χ2n) is 6.28. The van der Waals surface area contributed by atoms with Crippen molar-refractivity contribution in [2.24, 2.45) is 7.05 Å². The van der Waals surface area contributed by atoms with Gasteiger partial charge in [0.2, 0.25) is 10.0 Å². The highest BCUT2D eigenvalue weighted by Crippen LogP contribution is 2.17. The third kappa shape index (κ3) is 4.17. The molecule has 10 heteroatoms. The van der Waals surface area contributed by atoms with Crippen LogP contribution in [-0.2, 0) is 26.7 Å². The van der Waals surface area contributed by atoms with Crippen molar-refractivity contribution in [1.29, 1.82) is 0 Å². The molecule has 1 aromatic heterocycles. The van der Waals surface area contributed by atoms with Crippen LogP contribution in [0.4, 0.5) is 5.69 Å². The summed E-state index contributed by atoms with van der Waals surface area (Å²) in [6.07, 6.45) is 0.571. The summed E-state index contributed by atoms with van der Waals surface area (Å²) in [7, 11) is -1.61. The number of amides is 2. The lowest BCUT2D eigenvalue weighted by Gasteiger charge is -2.14. The summed E-state index contributed by atoms with van der Waals surface area (Å²) in [5, 5.41) is 5.72. The Balaban J connectivity index is 1.59. The van der Waals surface area contributed by atoms with Crippen LogP contribution in [0.15, 0.2) is 35.1 Å². The number of nitrogens with one attached hydrogen (secondary N) is 2. The molecule has 2 N–H and O–H groups in total. The second-order valence-corrected chi connectivity index (χ2v) is 8.37. The van der Waals surface area contributed by atoms with Gasteiger partial charge in [-0.15, -0.1) is 0 Å². The summed E-state index contributed by atoms with van der Waals surface area (Å²) in [6, 6.07) is 8.12. The Morgan fingerprint density at radius 3 is 2.59 bits per heavy atom. The smallest absolute Gasteiger partial charge is 0.313 e. The Labute approximate surface area is 156 Å². The molecule has 1 fully saturated rings. The van der Waals surface area contributed by atoms with Gasteiger partial charge in [-0.2, -0.15) is 0 Å². The lowest BCUT2D eigenvalue weighted by atomic mass is 10.2. The molecular formula is C17H20N4O5S. The number of fused-ring (bicyclic) bond motifs is 1. The first-order chi connectivity index (χ1) is 12.8. The van der Waals surface area contributed by atoms with E-state index in [1.165, 1.54) is 14.9 Å². The fraction of sp³-hybridized carbons (Fsp3) is 0.353. The van der Waals surface area contributed by atoms with Crippen molar-refractivity contribution in [3.63, 3.8) is 0 Å². The lowest BCUT2D eigenvalue weighted by Crippen LogP contribution is -2.40. The summed E-state index contributed by atoms with van der Waals surface area (Å²) < 4.78 is 26.1. The number of anilines is 1. The van der Waals surface area contributed by atoms with Gasteiger partial charge >= 0.3 is 11.8 Å². The van der Waals surface area contributed by atoms with Gasteiger partial charge in [-0.05, 0) is 30.0 Å². The molecule has 27 heavy (non-hydrogen) atoms. The highest BCUT2D eigenvalue weighted by molar-refractivity contribution is 7.89. The van der Waals surface area contributed by atoms with Crippen molar-refractivity contribution >= 4 is 38.4 Å². The molecule has 3 rings (SSSR count).